The summed E-state index contributed by atoms with van der Waals surface area (Å²) in [6, 6.07) is 5.42. The first-order valence-corrected chi connectivity index (χ1v) is 13.2. The highest BCUT2D eigenvalue weighted by molar-refractivity contribution is 7.90. The quantitative estimate of drug-likeness (QED) is 0.648. The molecule has 0 bridgehead atoms. The van der Waals surface area contributed by atoms with Crippen LogP contribution in [0.15, 0.2) is 18.2 Å². The molecule has 0 radical (unpaired) electrons. The Morgan fingerprint density at radius 1 is 1.22 bits per heavy atom. The van der Waals surface area contributed by atoms with E-state index in [1.807, 2.05) is 12.1 Å². The van der Waals surface area contributed by atoms with E-state index in [2.05, 4.69) is 26.3 Å². The summed E-state index contributed by atoms with van der Waals surface area (Å²) in [5.41, 5.74) is 4.33. The van der Waals surface area contributed by atoms with Crippen LogP contribution in [0.4, 0.5) is 5.82 Å². The summed E-state index contributed by atoms with van der Waals surface area (Å²) in [7, 11) is -2.97. The first-order valence-electron chi connectivity index (χ1n) is 11.2. The number of nitrogens with zero attached hydrogens (tertiary/aromatic N) is 3. The third kappa shape index (κ3) is 5.22. The molecule has 2 aromatic rings. The van der Waals surface area contributed by atoms with Gasteiger partial charge in [-0.2, -0.15) is 0 Å². The lowest BCUT2D eigenvalue weighted by Crippen LogP contribution is -2.44. The van der Waals surface area contributed by atoms with E-state index in [1.165, 1.54) is 11.8 Å². The van der Waals surface area contributed by atoms with Gasteiger partial charge in [-0.3, -0.25) is 0 Å². The Hall–Kier alpha value is -2.63. The number of terminal acetylenes is 1. The lowest BCUT2D eigenvalue weighted by atomic mass is 9.88. The van der Waals surface area contributed by atoms with Gasteiger partial charge in [-0.05, 0) is 68.8 Å². The summed E-state index contributed by atoms with van der Waals surface area (Å²) in [6.07, 6.45) is 12.8. The summed E-state index contributed by atoms with van der Waals surface area (Å²) in [5.74, 6) is 3.67. The first-order chi connectivity index (χ1) is 15.3. The van der Waals surface area contributed by atoms with E-state index >= 15 is 0 Å². The van der Waals surface area contributed by atoms with Gasteiger partial charge in [0.25, 0.3) is 0 Å². The van der Waals surface area contributed by atoms with Crippen molar-refractivity contribution in [1.29, 1.82) is 0 Å². The molecule has 1 atom stereocenters. The molecule has 1 aromatic heterocycles. The van der Waals surface area contributed by atoms with Crippen molar-refractivity contribution in [2.75, 3.05) is 37.0 Å². The van der Waals surface area contributed by atoms with Crippen LogP contribution in [0.3, 0.4) is 0 Å². The number of nitrogens with one attached hydrogen (secondary N) is 1. The molecular weight excluding hydrogens is 424 g/mol. The fourth-order valence-corrected chi connectivity index (χ4v) is 5.26. The van der Waals surface area contributed by atoms with Gasteiger partial charge in [0.15, 0.2) is 5.82 Å². The van der Waals surface area contributed by atoms with Crippen LogP contribution in [0.25, 0.3) is 11.3 Å². The Morgan fingerprint density at radius 2 is 2.00 bits per heavy atom. The minimum Gasteiger partial charge on any atom is -0.507 e. The van der Waals surface area contributed by atoms with Gasteiger partial charge in [-0.1, -0.05) is 5.92 Å². The van der Waals surface area contributed by atoms with Gasteiger partial charge in [0.05, 0.1) is 5.75 Å². The van der Waals surface area contributed by atoms with Gasteiger partial charge in [0.2, 0.25) is 0 Å². The van der Waals surface area contributed by atoms with Crippen molar-refractivity contribution >= 4 is 15.7 Å². The first kappa shape index (κ1) is 22.6. The second-order valence-corrected chi connectivity index (χ2v) is 11.1. The zero-order valence-corrected chi connectivity index (χ0v) is 19.3. The molecule has 0 spiro atoms. The SMILES string of the molecule is C#Cc1ccc(-c2nnc(NC3CCCN(CCS(C)(=O)=O)C3)c3c2CCCC3)c(O)c1. The molecule has 0 saturated carbocycles. The molecule has 1 unspecified atom stereocenters. The smallest absolute Gasteiger partial charge is 0.152 e. The number of phenols is 1. The van der Waals surface area contributed by atoms with Gasteiger partial charge in [-0.25, -0.2) is 8.42 Å². The molecule has 1 fully saturated rings. The van der Waals surface area contributed by atoms with Crippen molar-refractivity contribution in [3.05, 3.63) is 34.9 Å². The van der Waals surface area contributed by atoms with Crippen LogP contribution in [0.2, 0.25) is 0 Å². The molecule has 2 heterocycles. The summed E-state index contributed by atoms with van der Waals surface area (Å²) >= 11 is 0. The number of sulfone groups is 1. The van der Waals surface area contributed by atoms with Gasteiger partial charge < -0.3 is 15.3 Å². The Morgan fingerprint density at radius 3 is 2.72 bits per heavy atom. The highest BCUT2D eigenvalue weighted by atomic mass is 32.2. The van der Waals surface area contributed by atoms with Crippen molar-refractivity contribution in [3.8, 4) is 29.4 Å². The number of phenolic OH excluding ortho intramolecular Hbond substituents is 1. The molecule has 1 saturated heterocycles. The van der Waals surface area contributed by atoms with Crippen LogP contribution in [0, 0.1) is 12.3 Å². The van der Waals surface area contributed by atoms with E-state index in [0.29, 0.717) is 17.7 Å². The van der Waals surface area contributed by atoms with E-state index in [9.17, 15) is 13.5 Å². The fraction of sp³-hybridized carbons (Fsp3) is 0.500. The third-order valence-corrected chi connectivity index (χ3v) is 7.26. The Balaban J connectivity index is 1.56. The maximum absolute atomic E-state index is 11.5. The Bertz CT molecular complexity index is 1140. The maximum atomic E-state index is 11.5. The number of aromatic nitrogens is 2. The van der Waals surface area contributed by atoms with Crippen LogP contribution < -0.4 is 5.32 Å². The van der Waals surface area contributed by atoms with Crippen molar-refractivity contribution in [3.63, 3.8) is 0 Å². The Kier molecular flexibility index (Phi) is 6.68. The third-order valence-electron chi connectivity index (χ3n) is 6.33. The second-order valence-electron chi connectivity index (χ2n) is 8.85. The molecule has 7 nitrogen and oxygen atoms in total. The summed E-state index contributed by atoms with van der Waals surface area (Å²) in [6.45, 7) is 2.28. The molecule has 170 valence electrons. The molecule has 1 aliphatic heterocycles. The number of benzene rings is 1. The average molecular weight is 455 g/mol. The lowest BCUT2D eigenvalue weighted by molar-refractivity contribution is 0.227. The minimum atomic E-state index is -2.97. The number of likely N-dealkylation sites (tertiary alicyclic amines) is 1. The normalized spacial score (nSPS) is 19.2. The molecule has 1 aliphatic carbocycles. The largest absolute Gasteiger partial charge is 0.507 e. The summed E-state index contributed by atoms with van der Waals surface area (Å²) in [4.78, 5) is 2.21. The minimum absolute atomic E-state index is 0.122. The molecular formula is C24H30N4O3S. The monoisotopic (exact) mass is 454 g/mol. The molecule has 0 amide bonds. The molecule has 32 heavy (non-hydrogen) atoms. The van der Waals surface area contributed by atoms with Crippen LogP contribution in [0.1, 0.15) is 42.4 Å². The average Bonchev–Trinajstić information content (AvgIpc) is 2.78. The lowest BCUT2D eigenvalue weighted by Gasteiger charge is -2.34. The fourth-order valence-electron chi connectivity index (χ4n) is 4.67. The summed E-state index contributed by atoms with van der Waals surface area (Å²) in [5, 5.41) is 23.2. The number of hydrogen-bond donors (Lipinski definition) is 2. The highest BCUT2D eigenvalue weighted by Crippen LogP contribution is 2.37. The molecule has 4 rings (SSSR count). The highest BCUT2D eigenvalue weighted by Gasteiger charge is 2.26. The maximum Gasteiger partial charge on any atom is 0.152 e. The van der Waals surface area contributed by atoms with Crippen LogP contribution in [-0.2, 0) is 22.7 Å². The zero-order valence-electron chi connectivity index (χ0n) is 18.5. The number of hydrogen-bond acceptors (Lipinski definition) is 7. The molecule has 2 aliphatic rings. The summed E-state index contributed by atoms with van der Waals surface area (Å²) < 4.78 is 23.1. The number of anilines is 1. The van der Waals surface area contributed by atoms with Crippen LogP contribution in [0.5, 0.6) is 5.75 Å². The van der Waals surface area contributed by atoms with Gasteiger partial charge in [-0.15, -0.1) is 16.6 Å². The van der Waals surface area contributed by atoms with Crippen molar-refractivity contribution in [2.24, 2.45) is 0 Å². The van der Waals surface area contributed by atoms with Gasteiger partial charge in [0.1, 0.15) is 21.3 Å². The zero-order chi connectivity index (χ0) is 22.7. The Labute approximate surface area is 190 Å². The van der Waals surface area contributed by atoms with Crippen LogP contribution >= 0.6 is 0 Å². The predicted octanol–water partition coefficient (Wildman–Crippen LogP) is 2.63. The van der Waals surface area contributed by atoms with E-state index in [-0.39, 0.29) is 17.5 Å². The van der Waals surface area contributed by atoms with Crippen molar-refractivity contribution < 1.29 is 13.5 Å². The second kappa shape index (κ2) is 9.47. The van der Waals surface area contributed by atoms with Crippen LogP contribution in [-0.4, -0.2) is 66.3 Å². The number of piperidine rings is 1. The van der Waals surface area contributed by atoms with E-state index in [1.54, 1.807) is 6.07 Å². The van der Waals surface area contributed by atoms with Gasteiger partial charge >= 0.3 is 0 Å². The topological polar surface area (TPSA) is 95.4 Å². The molecule has 8 heteroatoms. The molecule has 1 aromatic carbocycles. The number of rotatable bonds is 6. The van der Waals surface area contributed by atoms with Crippen molar-refractivity contribution in [1.82, 2.24) is 15.1 Å². The number of fused-ring (bicyclic) bond motifs is 1. The number of aromatic hydroxyl groups is 1. The molecule has 2 N–H and O–H groups in total. The standard InChI is InChI=1S/C24H30N4O3S/c1-3-17-10-11-21(22(29)15-17)23-19-8-4-5-9-20(19)24(27-26-23)25-18-7-6-12-28(16-18)13-14-32(2,30)31/h1,10-11,15,18,29H,4-9,12-14,16H2,2H3,(H,25,27). The van der Waals surface area contributed by atoms with E-state index in [4.69, 9.17) is 6.42 Å². The predicted molar refractivity (Wildman–Crippen MR) is 127 cm³/mol. The van der Waals surface area contributed by atoms with E-state index < -0.39 is 9.84 Å². The van der Waals surface area contributed by atoms with Gasteiger partial charge in [0, 0.05) is 42.1 Å². The van der Waals surface area contributed by atoms with E-state index in [0.717, 1.165) is 68.7 Å². The van der Waals surface area contributed by atoms with Crippen molar-refractivity contribution in [2.45, 2.75) is 44.6 Å².